The van der Waals surface area contributed by atoms with E-state index < -0.39 is 24.3 Å². The third-order valence-corrected chi connectivity index (χ3v) is 4.51. The van der Waals surface area contributed by atoms with E-state index in [1.165, 1.54) is 0 Å². The zero-order valence-electron chi connectivity index (χ0n) is 13.6. The fourth-order valence-corrected chi connectivity index (χ4v) is 3.13. The van der Waals surface area contributed by atoms with E-state index in [1.807, 2.05) is 30.3 Å². The third kappa shape index (κ3) is 3.71. The normalized spacial score (nSPS) is 20.9. The fourth-order valence-electron chi connectivity index (χ4n) is 3.13. The van der Waals surface area contributed by atoms with Gasteiger partial charge in [0.25, 0.3) is 0 Å². The van der Waals surface area contributed by atoms with Gasteiger partial charge in [-0.05, 0) is 16.7 Å². The van der Waals surface area contributed by atoms with E-state index in [9.17, 15) is 18.3 Å². The SMILES string of the molecule is OC(Cc1ccccc1-c1ccccc1)(C1CNCCO1)C(F)(F)F. The van der Waals surface area contributed by atoms with Crippen molar-refractivity contribution in [1.29, 1.82) is 0 Å². The van der Waals surface area contributed by atoms with Crippen molar-refractivity contribution < 1.29 is 23.0 Å². The maximum absolute atomic E-state index is 13.8. The van der Waals surface area contributed by atoms with Crippen LogP contribution in [0.25, 0.3) is 11.1 Å². The number of rotatable bonds is 4. The van der Waals surface area contributed by atoms with Gasteiger partial charge in [-0.25, -0.2) is 0 Å². The fraction of sp³-hybridized carbons (Fsp3) is 0.368. The molecule has 0 radical (unpaired) electrons. The van der Waals surface area contributed by atoms with Crippen LogP contribution < -0.4 is 5.32 Å². The monoisotopic (exact) mass is 351 g/mol. The van der Waals surface area contributed by atoms with Crippen LogP contribution in [0.4, 0.5) is 13.2 Å². The van der Waals surface area contributed by atoms with Crippen molar-refractivity contribution >= 4 is 0 Å². The summed E-state index contributed by atoms with van der Waals surface area (Å²) in [5.74, 6) is 0. The molecule has 2 aromatic rings. The lowest BCUT2D eigenvalue weighted by Gasteiger charge is -2.40. The molecular weight excluding hydrogens is 331 g/mol. The maximum Gasteiger partial charge on any atom is 0.420 e. The van der Waals surface area contributed by atoms with Crippen LogP contribution in [0.5, 0.6) is 0 Å². The van der Waals surface area contributed by atoms with Gasteiger partial charge in [0.2, 0.25) is 0 Å². The van der Waals surface area contributed by atoms with Crippen LogP contribution in [0.3, 0.4) is 0 Å². The van der Waals surface area contributed by atoms with Crippen molar-refractivity contribution in [3.63, 3.8) is 0 Å². The summed E-state index contributed by atoms with van der Waals surface area (Å²) in [7, 11) is 0. The average Bonchev–Trinajstić information content (AvgIpc) is 2.62. The van der Waals surface area contributed by atoms with Crippen LogP contribution in [0, 0.1) is 0 Å². The molecule has 0 aromatic heterocycles. The summed E-state index contributed by atoms with van der Waals surface area (Å²) in [6.07, 6.45) is -6.71. The molecule has 134 valence electrons. The first-order valence-electron chi connectivity index (χ1n) is 8.16. The highest BCUT2D eigenvalue weighted by Crippen LogP contribution is 2.39. The molecule has 2 unspecified atom stereocenters. The number of morpholine rings is 1. The molecule has 1 aliphatic heterocycles. The first-order valence-corrected chi connectivity index (χ1v) is 8.16. The number of hydrogen-bond acceptors (Lipinski definition) is 3. The number of hydrogen-bond donors (Lipinski definition) is 2. The zero-order valence-corrected chi connectivity index (χ0v) is 13.6. The van der Waals surface area contributed by atoms with Gasteiger partial charge in [0, 0.05) is 19.5 Å². The van der Waals surface area contributed by atoms with Crippen LogP contribution >= 0.6 is 0 Å². The molecule has 0 spiro atoms. The molecule has 0 bridgehead atoms. The number of nitrogens with one attached hydrogen (secondary N) is 1. The van der Waals surface area contributed by atoms with Crippen molar-refractivity contribution in [2.24, 2.45) is 0 Å². The number of ether oxygens (including phenoxy) is 1. The lowest BCUT2D eigenvalue weighted by Crippen LogP contribution is -2.62. The van der Waals surface area contributed by atoms with Gasteiger partial charge >= 0.3 is 6.18 Å². The van der Waals surface area contributed by atoms with Gasteiger partial charge in [-0.2, -0.15) is 13.2 Å². The largest absolute Gasteiger partial charge is 0.420 e. The number of alkyl halides is 3. The van der Waals surface area contributed by atoms with Gasteiger partial charge in [-0.15, -0.1) is 0 Å². The second-order valence-corrected chi connectivity index (χ2v) is 6.19. The van der Waals surface area contributed by atoms with Gasteiger partial charge in [-0.3, -0.25) is 0 Å². The molecule has 1 heterocycles. The third-order valence-electron chi connectivity index (χ3n) is 4.51. The summed E-state index contributed by atoms with van der Waals surface area (Å²) in [5, 5.41) is 13.5. The van der Waals surface area contributed by atoms with Gasteiger partial charge in [0.1, 0.15) is 6.10 Å². The molecule has 25 heavy (non-hydrogen) atoms. The smallest absolute Gasteiger partial charge is 0.378 e. The Labute approximate surface area is 144 Å². The lowest BCUT2D eigenvalue weighted by atomic mass is 9.84. The minimum Gasteiger partial charge on any atom is -0.378 e. The van der Waals surface area contributed by atoms with Crippen molar-refractivity contribution in [2.45, 2.75) is 24.3 Å². The Hall–Kier alpha value is -1.89. The first kappa shape index (κ1) is 17.9. The minimum absolute atomic E-state index is 0.0382. The molecule has 2 N–H and O–H groups in total. The summed E-state index contributed by atoms with van der Waals surface area (Å²) in [6.45, 7) is 0.581. The van der Waals surface area contributed by atoms with E-state index >= 15 is 0 Å². The molecule has 6 heteroatoms. The first-order chi connectivity index (χ1) is 11.9. The lowest BCUT2D eigenvalue weighted by molar-refractivity contribution is -0.297. The molecule has 0 aliphatic carbocycles. The van der Waals surface area contributed by atoms with E-state index in [0.717, 1.165) is 5.56 Å². The molecular formula is C19H20F3NO2. The standard InChI is InChI=1S/C19H20F3NO2/c20-19(21,22)18(24,17-13-23-10-11-25-17)12-15-8-4-5-9-16(15)14-6-2-1-3-7-14/h1-9,17,23-24H,10-13H2. The van der Waals surface area contributed by atoms with E-state index in [2.05, 4.69) is 5.32 Å². The van der Waals surface area contributed by atoms with Crippen molar-refractivity contribution in [3.8, 4) is 11.1 Å². The van der Waals surface area contributed by atoms with Crippen LogP contribution in [-0.4, -0.2) is 42.7 Å². The highest BCUT2D eigenvalue weighted by molar-refractivity contribution is 5.67. The maximum atomic E-state index is 13.8. The second kappa shape index (κ2) is 7.15. The second-order valence-electron chi connectivity index (χ2n) is 6.19. The summed E-state index contributed by atoms with van der Waals surface area (Å²) in [4.78, 5) is 0. The Morgan fingerprint density at radius 2 is 1.72 bits per heavy atom. The Bertz CT molecular complexity index is 699. The Morgan fingerprint density at radius 1 is 1.04 bits per heavy atom. The number of benzene rings is 2. The van der Waals surface area contributed by atoms with Crippen molar-refractivity contribution in [2.75, 3.05) is 19.7 Å². The van der Waals surface area contributed by atoms with E-state index in [0.29, 0.717) is 17.7 Å². The molecule has 0 amide bonds. The molecule has 1 fully saturated rings. The van der Waals surface area contributed by atoms with Crippen LogP contribution in [0.15, 0.2) is 54.6 Å². The van der Waals surface area contributed by atoms with E-state index in [1.54, 1.807) is 24.3 Å². The van der Waals surface area contributed by atoms with Crippen molar-refractivity contribution in [1.82, 2.24) is 5.32 Å². The van der Waals surface area contributed by atoms with Crippen molar-refractivity contribution in [3.05, 3.63) is 60.2 Å². The van der Waals surface area contributed by atoms with Gasteiger partial charge in [-0.1, -0.05) is 54.6 Å². The quantitative estimate of drug-likeness (QED) is 0.889. The number of aliphatic hydroxyl groups is 1. The van der Waals surface area contributed by atoms with Crippen LogP contribution in [-0.2, 0) is 11.2 Å². The zero-order chi connectivity index (χ0) is 17.9. The Kier molecular flexibility index (Phi) is 5.13. The van der Waals surface area contributed by atoms with Gasteiger partial charge in [0.15, 0.2) is 5.60 Å². The summed E-state index contributed by atoms with van der Waals surface area (Å²) < 4.78 is 46.5. The topological polar surface area (TPSA) is 41.5 Å². The summed E-state index contributed by atoms with van der Waals surface area (Å²) >= 11 is 0. The summed E-state index contributed by atoms with van der Waals surface area (Å²) in [5.41, 5.74) is -1.03. The highest BCUT2D eigenvalue weighted by atomic mass is 19.4. The van der Waals surface area contributed by atoms with E-state index in [-0.39, 0.29) is 13.2 Å². The molecule has 3 rings (SSSR count). The molecule has 1 aliphatic rings. The van der Waals surface area contributed by atoms with Crippen LogP contribution in [0.1, 0.15) is 5.56 Å². The highest BCUT2D eigenvalue weighted by Gasteiger charge is 2.59. The minimum atomic E-state index is -4.81. The van der Waals surface area contributed by atoms with Gasteiger partial charge < -0.3 is 15.2 Å². The van der Waals surface area contributed by atoms with Gasteiger partial charge in [0.05, 0.1) is 6.61 Å². The van der Waals surface area contributed by atoms with Crippen LogP contribution in [0.2, 0.25) is 0 Å². The predicted octanol–water partition coefficient (Wildman–Crippen LogP) is 3.18. The average molecular weight is 351 g/mol. The predicted molar refractivity (Wildman–Crippen MR) is 89.2 cm³/mol. The molecule has 0 saturated carbocycles. The molecule has 3 nitrogen and oxygen atoms in total. The Balaban J connectivity index is 1.98. The van der Waals surface area contributed by atoms with E-state index in [4.69, 9.17) is 4.74 Å². The molecule has 2 atom stereocenters. The molecule has 1 saturated heterocycles. The Morgan fingerprint density at radius 3 is 2.36 bits per heavy atom. The number of halogens is 3. The summed E-state index contributed by atoms with van der Waals surface area (Å²) in [6, 6.07) is 16.0. The molecule has 2 aromatic carbocycles.